The number of nitrogens with two attached hydrogens (primary N) is 1. The Hall–Kier alpha value is -1.72. The molecule has 1 rings (SSSR count). The number of anilines is 1. The molecule has 0 heterocycles. The number of carbonyl (C=O) groups is 1. The van der Waals surface area contributed by atoms with Gasteiger partial charge in [0.05, 0.1) is 17.7 Å². The Kier molecular flexibility index (Phi) is 4.80. The Morgan fingerprint density at radius 1 is 1.37 bits per heavy atom. The molecular weight excluding hydrogens is 259 g/mol. The van der Waals surface area contributed by atoms with Crippen LogP contribution in [0.3, 0.4) is 0 Å². The van der Waals surface area contributed by atoms with Gasteiger partial charge < -0.3 is 10.5 Å². The zero-order valence-corrected chi connectivity index (χ0v) is 10.8. The maximum absolute atomic E-state index is 12.4. The Morgan fingerprint density at radius 2 is 2.00 bits per heavy atom. The van der Waals surface area contributed by atoms with Gasteiger partial charge in [0, 0.05) is 5.69 Å². The molecule has 6 heteroatoms. The number of esters is 1. The minimum atomic E-state index is -4.48. The second-order valence-electron chi connectivity index (χ2n) is 4.62. The largest absolute Gasteiger partial charge is 0.462 e. The van der Waals surface area contributed by atoms with E-state index in [1.807, 2.05) is 13.8 Å². The molecule has 19 heavy (non-hydrogen) atoms. The van der Waals surface area contributed by atoms with Crippen LogP contribution in [0.2, 0.25) is 0 Å². The zero-order chi connectivity index (χ0) is 14.6. The van der Waals surface area contributed by atoms with Gasteiger partial charge in [-0.1, -0.05) is 13.8 Å². The van der Waals surface area contributed by atoms with Crippen molar-refractivity contribution in [2.45, 2.75) is 26.4 Å². The summed E-state index contributed by atoms with van der Waals surface area (Å²) in [5.41, 5.74) is 4.29. The summed E-state index contributed by atoms with van der Waals surface area (Å²) < 4.78 is 42.2. The summed E-state index contributed by atoms with van der Waals surface area (Å²) >= 11 is 0. The van der Waals surface area contributed by atoms with Gasteiger partial charge in [-0.3, -0.25) is 0 Å². The number of ether oxygens (including phenoxy) is 1. The lowest BCUT2D eigenvalue weighted by atomic mass is 10.1. The molecule has 0 unspecified atom stereocenters. The van der Waals surface area contributed by atoms with Crippen molar-refractivity contribution in [3.63, 3.8) is 0 Å². The summed E-state index contributed by atoms with van der Waals surface area (Å²) in [4.78, 5) is 11.6. The predicted molar refractivity (Wildman–Crippen MR) is 65.6 cm³/mol. The average Bonchev–Trinajstić information content (AvgIpc) is 2.26. The molecule has 0 atom stereocenters. The number of rotatable bonds is 4. The number of carbonyl (C=O) groups excluding carboxylic acids is 1. The van der Waals surface area contributed by atoms with Crippen molar-refractivity contribution in [2.75, 3.05) is 12.3 Å². The van der Waals surface area contributed by atoms with E-state index in [1.165, 1.54) is 0 Å². The zero-order valence-electron chi connectivity index (χ0n) is 10.8. The summed E-state index contributed by atoms with van der Waals surface area (Å²) in [7, 11) is 0. The Labute approximate surface area is 109 Å². The van der Waals surface area contributed by atoms with Crippen molar-refractivity contribution in [1.82, 2.24) is 0 Å². The molecule has 0 aliphatic heterocycles. The molecule has 1 aromatic rings. The summed E-state index contributed by atoms with van der Waals surface area (Å²) in [6.45, 7) is 4.16. The van der Waals surface area contributed by atoms with Crippen molar-refractivity contribution in [3.05, 3.63) is 29.3 Å². The van der Waals surface area contributed by atoms with Gasteiger partial charge >= 0.3 is 12.1 Å². The second-order valence-corrected chi connectivity index (χ2v) is 4.62. The fourth-order valence-corrected chi connectivity index (χ4v) is 1.39. The van der Waals surface area contributed by atoms with Gasteiger partial charge in [0.25, 0.3) is 0 Å². The topological polar surface area (TPSA) is 52.3 Å². The van der Waals surface area contributed by atoms with E-state index in [-0.39, 0.29) is 17.9 Å². The molecule has 0 amide bonds. The fraction of sp³-hybridized carbons (Fsp3) is 0.462. The van der Waals surface area contributed by atoms with Crippen LogP contribution >= 0.6 is 0 Å². The number of hydrogen-bond acceptors (Lipinski definition) is 3. The quantitative estimate of drug-likeness (QED) is 0.676. The Bertz CT molecular complexity index is 456. The van der Waals surface area contributed by atoms with E-state index in [0.717, 1.165) is 18.2 Å². The van der Waals surface area contributed by atoms with Crippen LogP contribution in [0, 0.1) is 5.92 Å². The lowest BCUT2D eigenvalue weighted by molar-refractivity contribution is -0.137. The molecule has 0 radical (unpaired) electrons. The van der Waals surface area contributed by atoms with Crippen LogP contribution in [0.1, 0.15) is 36.2 Å². The second kappa shape index (κ2) is 5.95. The highest BCUT2D eigenvalue weighted by Crippen LogP contribution is 2.31. The monoisotopic (exact) mass is 275 g/mol. The van der Waals surface area contributed by atoms with E-state index >= 15 is 0 Å². The van der Waals surface area contributed by atoms with Crippen molar-refractivity contribution in [3.8, 4) is 0 Å². The average molecular weight is 275 g/mol. The van der Waals surface area contributed by atoms with Crippen molar-refractivity contribution in [2.24, 2.45) is 5.92 Å². The van der Waals surface area contributed by atoms with Crippen LogP contribution in [0.15, 0.2) is 18.2 Å². The molecule has 106 valence electrons. The summed E-state index contributed by atoms with van der Waals surface area (Å²) in [6.07, 6.45) is -3.79. The lowest BCUT2D eigenvalue weighted by Gasteiger charge is -2.11. The van der Waals surface area contributed by atoms with Gasteiger partial charge in [-0.25, -0.2) is 4.79 Å². The summed E-state index contributed by atoms with van der Waals surface area (Å²) in [6, 6.07) is 2.59. The molecule has 0 aliphatic rings. The van der Waals surface area contributed by atoms with Crippen LogP contribution in [-0.2, 0) is 10.9 Å². The highest BCUT2D eigenvalue weighted by Gasteiger charge is 2.31. The van der Waals surface area contributed by atoms with Crippen molar-refractivity contribution < 1.29 is 22.7 Å². The van der Waals surface area contributed by atoms with E-state index in [4.69, 9.17) is 10.5 Å². The number of nitrogen functional groups attached to an aromatic ring is 1. The highest BCUT2D eigenvalue weighted by atomic mass is 19.4. The van der Waals surface area contributed by atoms with Crippen molar-refractivity contribution in [1.29, 1.82) is 0 Å². The molecular formula is C13H16F3NO2. The molecule has 2 N–H and O–H groups in total. The number of alkyl halides is 3. The maximum Gasteiger partial charge on any atom is 0.416 e. The first-order chi connectivity index (χ1) is 8.71. The van der Waals surface area contributed by atoms with E-state index in [2.05, 4.69) is 0 Å². The predicted octanol–water partition coefficient (Wildman–Crippen LogP) is 3.49. The van der Waals surface area contributed by atoms with Crippen LogP contribution in [0.4, 0.5) is 18.9 Å². The standard InChI is InChI=1S/C13H16F3NO2/c1-8(2)5-6-19-12(18)10-4-3-9(7-11(10)17)13(14,15)16/h3-4,7-8H,5-6,17H2,1-2H3. The summed E-state index contributed by atoms with van der Waals surface area (Å²) in [5, 5.41) is 0. The summed E-state index contributed by atoms with van der Waals surface area (Å²) in [5.74, 6) is -0.329. The lowest BCUT2D eigenvalue weighted by Crippen LogP contribution is -2.12. The maximum atomic E-state index is 12.4. The van der Waals surface area contributed by atoms with Gasteiger partial charge in [-0.2, -0.15) is 13.2 Å². The smallest absolute Gasteiger partial charge is 0.416 e. The van der Waals surface area contributed by atoms with Gasteiger partial charge in [-0.05, 0) is 30.5 Å². The minimum Gasteiger partial charge on any atom is -0.462 e. The van der Waals surface area contributed by atoms with Gasteiger partial charge in [0.1, 0.15) is 0 Å². The molecule has 0 saturated carbocycles. The van der Waals surface area contributed by atoms with E-state index < -0.39 is 17.7 Å². The third kappa shape index (κ3) is 4.46. The van der Waals surface area contributed by atoms with Crippen LogP contribution in [0.25, 0.3) is 0 Å². The Balaban J connectivity index is 2.77. The third-order valence-electron chi connectivity index (χ3n) is 2.53. The third-order valence-corrected chi connectivity index (χ3v) is 2.53. The van der Waals surface area contributed by atoms with Crippen LogP contribution in [-0.4, -0.2) is 12.6 Å². The van der Waals surface area contributed by atoms with Crippen LogP contribution in [0.5, 0.6) is 0 Å². The van der Waals surface area contributed by atoms with E-state index in [0.29, 0.717) is 12.3 Å². The molecule has 0 bridgehead atoms. The van der Waals surface area contributed by atoms with Crippen molar-refractivity contribution >= 4 is 11.7 Å². The molecule has 0 spiro atoms. The molecule has 0 fully saturated rings. The highest BCUT2D eigenvalue weighted by molar-refractivity contribution is 5.95. The SMILES string of the molecule is CC(C)CCOC(=O)c1ccc(C(F)(F)F)cc1N. The van der Waals surface area contributed by atoms with Gasteiger partial charge in [0.15, 0.2) is 0 Å². The first kappa shape index (κ1) is 15.3. The fourth-order valence-electron chi connectivity index (χ4n) is 1.39. The number of benzene rings is 1. The Morgan fingerprint density at radius 3 is 2.47 bits per heavy atom. The first-order valence-corrected chi connectivity index (χ1v) is 5.85. The molecule has 0 saturated heterocycles. The van der Waals surface area contributed by atoms with E-state index in [1.54, 1.807) is 0 Å². The van der Waals surface area contributed by atoms with Gasteiger partial charge in [0.2, 0.25) is 0 Å². The minimum absolute atomic E-state index is 0.0447. The number of hydrogen-bond donors (Lipinski definition) is 1. The normalized spacial score (nSPS) is 11.7. The molecule has 0 aliphatic carbocycles. The number of halogens is 3. The molecule has 1 aromatic carbocycles. The molecule has 3 nitrogen and oxygen atoms in total. The van der Waals surface area contributed by atoms with E-state index in [9.17, 15) is 18.0 Å². The molecule has 0 aromatic heterocycles. The first-order valence-electron chi connectivity index (χ1n) is 5.85. The van der Waals surface area contributed by atoms with Gasteiger partial charge in [-0.15, -0.1) is 0 Å². The van der Waals surface area contributed by atoms with Crippen LogP contribution < -0.4 is 5.73 Å².